The Morgan fingerprint density at radius 3 is 2.43 bits per heavy atom. The Hall–Kier alpha value is -3.35. The van der Waals surface area contributed by atoms with E-state index in [0.717, 1.165) is 0 Å². The number of likely N-dealkylation sites (N-methyl/N-ethyl adjacent to an activating group) is 1. The van der Waals surface area contributed by atoms with Crippen molar-refractivity contribution in [2.75, 3.05) is 23.4 Å². The van der Waals surface area contributed by atoms with E-state index in [1.54, 1.807) is 49.4 Å². The lowest BCUT2D eigenvalue weighted by atomic mass is 9.99. The maximum Gasteiger partial charge on any atom is 0.338 e. The van der Waals surface area contributed by atoms with Gasteiger partial charge in [0.15, 0.2) is 0 Å². The van der Waals surface area contributed by atoms with Gasteiger partial charge in [0.2, 0.25) is 0 Å². The predicted molar refractivity (Wildman–Crippen MR) is 105 cm³/mol. The number of rotatable bonds is 5. The summed E-state index contributed by atoms with van der Waals surface area (Å²) < 4.78 is 10.7. The zero-order chi connectivity index (χ0) is 20.3. The van der Waals surface area contributed by atoms with Crippen LogP contribution in [0.25, 0.3) is 0 Å². The molecule has 0 fully saturated rings. The number of esters is 1. The van der Waals surface area contributed by atoms with Crippen molar-refractivity contribution < 1.29 is 23.9 Å². The summed E-state index contributed by atoms with van der Waals surface area (Å²) >= 11 is 0. The van der Waals surface area contributed by atoms with Gasteiger partial charge in [0, 0.05) is 12.2 Å². The molecule has 0 spiro atoms. The number of hydrogen-bond acceptors (Lipinski definition) is 5. The molecule has 0 saturated carbocycles. The predicted octanol–water partition coefficient (Wildman–Crippen LogP) is 3.01. The molecule has 0 radical (unpaired) electrons. The van der Waals surface area contributed by atoms with E-state index in [-0.39, 0.29) is 6.61 Å². The van der Waals surface area contributed by atoms with Crippen LogP contribution in [0.1, 0.15) is 31.1 Å². The molecule has 0 bridgehead atoms. The number of nitrogens with zero attached hydrogens (tertiary/aromatic N) is 1. The molecule has 1 unspecified atom stereocenters. The van der Waals surface area contributed by atoms with Crippen LogP contribution < -0.4 is 15.0 Å². The first-order valence-electron chi connectivity index (χ1n) is 9.09. The first kappa shape index (κ1) is 19.4. The molecule has 2 aromatic rings. The van der Waals surface area contributed by atoms with Crippen molar-refractivity contribution in [3.05, 3.63) is 54.1 Å². The molecule has 0 aromatic heterocycles. The number of carbonyl (C=O) groups is 3. The zero-order valence-corrected chi connectivity index (χ0v) is 16.0. The number of anilines is 2. The second-order valence-electron chi connectivity index (χ2n) is 6.40. The normalized spacial score (nSPS) is 18.1. The standard InChI is InChI=1S/C21H22N2O5/c1-4-23-16-8-6-7-9-17(16)28-21(3,20(23)26)19(25)22-15-12-10-14(11-13-15)18(24)27-5-2/h6-13H,4-5H2,1-3H3,(H,22,25). The van der Waals surface area contributed by atoms with E-state index < -0.39 is 23.4 Å². The van der Waals surface area contributed by atoms with Crippen LogP contribution in [0.2, 0.25) is 0 Å². The zero-order valence-electron chi connectivity index (χ0n) is 16.0. The molecule has 2 aromatic carbocycles. The number of amides is 2. The van der Waals surface area contributed by atoms with Crippen molar-refractivity contribution in [3.63, 3.8) is 0 Å². The Bertz CT molecular complexity index is 909. The van der Waals surface area contributed by atoms with Crippen LogP contribution in [-0.2, 0) is 14.3 Å². The first-order valence-corrected chi connectivity index (χ1v) is 9.09. The molecule has 7 heteroatoms. The molecule has 146 valence electrons. The highest BCUT2D eigenvalue weighted by Crippen LogP contribution is 2.37. The number of fused-ring (bicyclic) bond motifs is 1. The van der Waals surface area contributed by atoms with Crippen LogP contribution in [0.15, 0.2) is 48.5 Å². The highest BCUT2D eigenvalue weighted by Gasteiger charge is 2.50. The van der Waals surface area contributed by atoms with Crippen molar-refractivity contribution in [1.82, 2.24) is 0 Å². The average Bonchev–Trinajstić information content (AvgIpc) is 2.69. The van der Waals surface area contributed by atoms with E-state index in [2.05, 4.69) is 5.32 Å². The summed E-state index contributed by atoms with van der Waals surface area (Å²) in [5.41, 5.74) is -0.247. The van der Waals surface area contributed by atoms with Crippen LogP contribution in [0, 0.1) is 0 Å². The van der Waals surface area contributed by atoms with E-state index in [1.807, 2.05) is 13.0 Å². The Labute approximate surface area is 163 Å². The van der Waals surface area contributed by atoms with Crippen LogP contribution in [-0.4, -0.2) is 36.5 Å². The van der Waals surface area contributed by atoms with Gasteiger partial charge in [-0.1, -0.05) is 12.1 Å². The fourth-order valence-corrected chi connectivity index (χ4v) is 3.01. The monoisotopic (exact) mass is 382 g/mol. The van der Waals surface area contributed by atoms with E-state index in [9.17, 15) is 14.4 Å². The maximum atomic E-state index is 13.0. The van der Waals surface area contributed by atoms with Gasteiger partial charge < -0.3 is 19.7 Å². The molecule has 1 aliphatic rings. The third-order valence-corrected chi connectivity index (χ3v) is 4.53. The molecule has 1 atom stereocenters. The summed E-state index contributed by atoms with van der Waals surface area (Å²) in [5.74, 6) is -0.990. The minimum Gasteiger partial charge on any atom is -0.465 e. The molecule has 0 aliphatic carbocycles. The summed E-state index contributed by atoms with van der Waals surface area (Å²) in [5, 5.41) is 2.69. The summed E-state index contributed by atoms with van der Waals surface area (Å²) in [4.78, 5) is 39.1. The largest absolute Gasteiger partial charge is 0.465 e. The Morgan fingerprint density at radius 1 is 1.11 bits per heavy atom. The van der Waals surface area contributed by atoms with Gasteiger partial charge in [-0.2, -0.15) is 0 Å². The van der Waals surface area contributed by atoms with Crippen molar-refractivity contribution in [1.29, 1.82) is 0 Å². The molecule has 0 saturated heterocycles. The second-order valence-corrected chi connectivity index (χ2v) is 6.40. The molecule has 1 N–H and O–H groups in total. The number of nitrogens with one attached hydrogen (secondary N) is 1. The lowest BCUT2D eigenvalue weighted by molar-refractivity contribution is -0.145. The Morgan fingerprint density at radius 2 is 1.79 bits per heavy atom. The van der Waals surface area contributed by atoms with Gasteiger partial charge in [0.05, 0.1) is 17.9 Å². The van der Waals surface area contributed by atoms with Crippen LogP contribution in [0.5, 0.6) is 5.75 Å². The van der Waals surface area contributed by atoms with Gasteiger partial charge in [0.25, 0.3) is 17.4 Å². The molecular formula is C21H22N2O5. The molecule has 3 rings (SSSR count). The van der Waals surface area contributed by atoms with Gasteiger partial charge >= 0.3 is 5.97 Å². The van der Waals surface area contributed by atoms with E-state index in [1.165, 1.54) is 11.8 Å². The SMILES string of the molecule is CCOC(=O)c1ccc(NC(=O)C2(C)Oc3ccccc3N(CC)C2=O)cc1. The summed E-state index contributed by atoms with van der Waals surface area (Å²) in [6, 6.07) is 13.4. The van der Waals surface area contributed by atoms with Gasteiger partial charge in [-0.3, -0.25) is 9.59 Å². The topological polar surface area (TPSA) is 84.9 Å². The summed E-state index contributed by atoms with van der Waals surface area (Å²) in [7, 11) is 0. The smallest absolute Gasteiger partial charge is 0.338 e. The highest BCUT2D eigenvalue weighted by atomic mass is 16.5. The van der Waals surface area contributed by atoms with Crippen LogP contribution >= 0.6 is 0 Å². The van der Waals surface area contributed by atoms with Crippen LogP contribution in [0.4, 0.5) is 11.4 Å². The fraction of sp³-hybridized carbons (Fsp3) is 0.286. The van der Waals surface area contributed by atoms with E-state index >= 15 is 0 Å². The lowest BCUT2D eigenvalue weighted by Gasteiger charge is -2.39. The Kier molecular flexibility index (Phi) is 5.35. The third-order valence-electron chi connectivity index (χ3n) is 4.53. The van der Waals surface area contributed by atoms with Crippen molar-refractivity contribution in [2.24, 2.45) is 0 Å². The van der Waals surface area contributed by atoms with Crippen molar-refractivity contribution >= 4 is 29.2 Å². The summed E-state index contributed by atoms with van der Waals surface area (Å²) in [6.07, 6.45) is 0. The number of para-hydroxylation sites is 2. The molecular weight excluding hydrogens is 360 g/mol. The first-order chi connectivity index (χ1) is 13.4. The van der Waals surface area contributed by atoms with E-state index in [4.69, 9.17) is 9.47 Å². The minimum absolute atomic E-state index is 0.282. The van der Waals surface area contributed by atoms with Gasteiger partial charge in [-0.15, -0.1) is 0 Å². The second kappa shape index (κ2) is 7.72. The quantitative estimate of drug-likeness (QED) is 0.635. The molecule has 28 heavy (non-hydrogen) atoms. The molecule has 2 amide bonds. The number of carbonyl (C=O) groups excluding carboxylic acids is 3. The van der Waals surface area contributed by atoms with Gasteiger partial charge in [-0.25, -0.2) is 4.79 Å². The number of benzene rings is 2. The third kappa shape index (κ3) is 3.43. The molecule has 1 aliphatic heterocycles. The number of ether oxygens (including phenoxy) is 2. The van der Waals surface area contributed by atoms with E-state index in [0.29, 0.717) is 29.2 Å². The fourth-order valence-electron chi connectivity index (χ4n) is 3.01. The van der Waals surface area contributed by atoms with Gasteiger partial charge in [0.1, 0.15) is 5.75 Å². The highest BCUT2D eigenvalue weighted by molar-refractivity contribution is 6.19. The molecule has 1 heterocycles. The summed E-state index contributed by atoms with van der Waals surface area (Å²) in [6.45, 7) is 5.72. The van der Waals surface area contributed by atoms with Gasteiger partial charge in [-0.05, 0) is 57.2 Å². The number of hydrogen-bond donors (Lipinski definition) is 1. The maximum absolute atomic E-state index is 13.0. The lowest BCUT2D eigenvalue weighted by Crippen LogP contribution is -2.60. The van der Waals surface area contributed by atoms with Crippen LogP contribution in [0.3, 0.4) is 0 Å². The van der Waals surface area contributed by atoms with Crippen molar-refractivity contribution in [2.45, 2.75) is 26.4 Å². The Balaban J connectivity index is 1.82. The average molecular weight is 382 g/mol. The molecule has 7 nitrogen and oxygen atoms in total. The van der Waals surface area contributed by atoms with Crippen molar-refractivity contribution in [3.8, 4) is 5.75 Å². The minimum atomic E-state index is -1.70.